The van der Waals surface area contributed by atoms with Crippen molar-refractivity contribution in [3.63, 3.8) is 0 Å². The number of rotatable bonds is 4. The summed E-state index contributed by atoms with van der Waals surface area (Å²) in [5, 5.41) is 7.36. The van der Waals surface area contributed by atoms with Crippen molar-refractivity contribution < 1.29 is 14.3 Å². The third-order valence-corrected chi connectivity index (χ3v) is 5.34. The van der Waals surface area contributed by atoms with E-state index in [-0.39, 0.29) is 17.9 Å². The minimum atomic E-state index is -0.171. The number of carbonyl (C=O) groups excluding carboxylic acids is 2. The topological polar surface area (TPSA) is 76.5 Å². The third-order valence-electron chi connectivity index (χ3n) is 5.34. The van der Waals surface area contributed by atoms with E-state index in [2.05, 4.69) is 10.4 Å². The number of benzene rings is 1. The second kappa shape index (κ2) is 7.52. The second-order valence-electron chi connectivity index (χ2n) is 7.08. The molecule has 1 aromatic carbocycles. The van der Waals surface area contributed by atoms with Gasteiger partial charge >= 0.3 is 0 Å². The smallest absolute Gasteiger partial charge is 0.259 e. The van der Waals surface area contributed by atoms with Crippen molar-refractivity contribution in [2.75, 3.05) is 30.0 Å². The predicted molar refractivity (Wildman–Crippen MR) is 102 cm³/mol. The summed E-state index contributed by atoms with van der Waals surface area (Å²) in [6.07, 6.45) is 4.97. The van der Waals surface area contributed by atoms with Crippen LogP contribution in [-0.2, 0) is 9.53 Å². The highest BCUT2D eigenvalue weighted by Gasteiger charge is 2.23. The molecule has 7 heteroatoms. The summed E-state index contributed by atoms with van der Waals surface area (Å²) in [5.41, 5.74) is 3.03. The molecule has 1 aromatic heterocycles. The molecule has 3 heterocycles. The van der Waals surface area contributed by atoms with Crippen LogP contribution in [0.1, 0.15) is 47.8 Å². The van der Waals surface area contributed by atoms with E-state index in [1.54, 1.807) is 11.1 Å². The molecule has 1 N–H and O–H groups in total. The van der Waals surface area contributed by atoms with E-state index in [4.69, 9.17) is 4.74 Å². The normalized spacial score (nSPS) is 18.1. The first-order valence-corrected chi connectivity index (χ1v) is 9.47. The number of anilines is 2. The molecule has 0 spiro atoms. The Balaban J connectivity index is 1.44. The minimum Gasteiger partial charge on any atom is -0.381 e. The molecule has 7 nitrogen and oxygen atoms in total. The molecule has 2 amide bonds. The highest BCUT2D eigenvalue weighted by Crippen LogP contribution is 2.25. The monoisotopic (exact) mass is 368 g/mol. The zero-order chi connectivity index (χ0) is 18.8. The summed E-state index contributed by atoms with van der Waals surface area (Å²) < 4.78 is 7.35. The van der Waals surface area contributed by atoms with Gasteiger partial charge in [-0.2, -0.15) is 5.10 Å². The molecule has 2 aromatic rings. The van der Waals surface area contributed by atoms with Crippen LogP contribution in [0.2, 0.25) is 0 Å². The van der Waals surface area contributed by atoms with Crippen LogP contribution >= 0.6 is 0 Å². The highest BCUT2D eigenvalue weighted by molar-refractivity contribution is 6.05. The number of amides is 2. The van der Waals surface area contributed by atoms with Crippen LogP contribution in [0.5, 0.6) is 0 Å². The quantitative estimate of drug-likeness (QED) is 0.900. The first kappa shape index (κ1) is 17.7. The van der Waals surface area contributed by atoms with Gasteiger partial charge in [0.2, 0.25) is 5.91 Å². The minimum absolute atomic E-state index is 0.155. The summed E-state index contributed by atoms with van der Waals surface area (Å²) >= 11 is 0. The average Bonchev–Trinajstić information content (AvgIpc) is 3.29. The molecule has 27 heavy (non-hydrogen) atoms. The maximum absolute atomic E-state index is 12.7. The lowest BCUT2D eigenvalue weighted by molar-refractivity contribution is -0.117. The zero-order valence-corrected chi connectivity index (χ0v) is 15.5. The first-order valence-electron chi connectivity index (χ1n) is 9.47. The molecule has 0 saturated carbocycles. The Kier molecular flexibility index (Phi) is 4.94. The van der Waals surface area contributed by atoms with Gasteiger partial charge in [-0.3, -0.25) is 14.3 Å². The van der Waals surface area contributed by atoms with E-state index >= 15 is 0 Å². The second-order valence-corrected chi connectivity index (χ2v) is 7.08. The Hall–Kier alpha value is -2.67. The van der Waals surface area contributed by atoms with E-state index in [1.807, 2.05) is 35.9 Å². The first-order chi connectivity index (χ1) is 13.1. The summed E-state index contributed by atoms with van der Waals surface area (Å²) in [6, 6.07) is 7.69. The summed E-state index contributed by atoms with van der Waals surface area (Å²) in [7, 11) is 0. The van der Waals surface area contributed by atoms with Gasteiger partial charge in [0.15, 0.2) is 0 Å². The zero-order valence-electron chi connectivity index (χ0n) is 15.5. The maximum Gasteiger partial charge on any atom is 0.259 e. The molecule has 142 valence electrons. The molecule has 2 aliphatic rings. The van der Waals surface area contributed by atoms with Crippen LogP contribution in [0.15, 0.2) is 30.5 Å². The van der Waals surface area contributed by atoms with Gasteiger partial charge in [-0.25, -0.2) is 0 Å². The maximum atomic E-state index is 12.7. The SMILES string of the molecule is Cc1c(C(=O)Nc2ccc(N3CCCC3=O)cc2)cnn1C1CCOCC1. The van der Waals surface area contributed by atoms with Crippen LogP contribution in [0.25, 0.3) is 0 Å². The van der Waals surface area contributed by atoms with Crippen LogP contribution in [0, 0.1) is 6.92 Å². The van der Waals surface area contributed by atoms with Gasteiger partial charge in [0, 0.05) is 43.2 Å². The summed E-state index contributed by atoms with van der Waals surface area (Å²) in [5.74, 6) is -0.0151. The van der Waals surface area contributed by atoms with Crippen LogP contribution in [0.3, 0.4) is 0 Å². The number of aromatic nitrogens is 2. The Morgan fingerprint density at radius 1 is 1.22 bits per heavy atom. The lowest BCUT2D eigenvalue weighted by Gasteiger charge is -2.23. The van der Waals surface area contributed by atoms with Gasteiger partial charge in [-0.05, 0) is 50.5 Å². The summed E-state index contributed by atoms with van der Waals surface area (Å²) in [6.45, 7) is 4.16. The lowest BCUT2D eigenvalue weighted by atomic mass is 10.1. The fraction of sp³-hybridized carbons (Fsp3) is 0.450. The van der Waals surface area contributed by atoms with Gasteiger partial charge < -0.3 is 15.0 Å². The number of hydrogen-bond donors (Lipinski definition) is 1. The molecule has 0 bridgehead atoms. The molecule has 2 fully saturated rings. The fourth-order valence-corrected chi connectivity index (χ4v) is 3.79. The molecule has 0 unspecified atom stereocenters. The van der Waals surface area contributed by atoms with Crippen molar-refractivity contribution >= 4 is 23.2 Å². The van der Waals surface area contributed by atoms with E-state index in [9.17, 15) is 9.59 Å². The van der Waals surface area contributed by atoms with E-state index < -0.39 is 0 Å². The van der Waals surface area contributed by atoms with E-state index in [0.717, 1.165) is 50.4 Å². The van der Waals surface area contributed by atoms with Gasteiger partial charge in [-0.1, -0.05) is 0 Å². The predicted octanol–water partition coefficient (Wildman–Crippen LogP) is 2.92. The Morgan fingerprint density at radius 3 is 2.63 bits per heavy atom. The van der Waals surface area contributed by atoms with E-state index in [1.165, 1.54) is 0 Å². The molecule has 2 saturated heterocycles. The lowest BCUT2D eigenvalue weighted by Crippen LogP contribution is -2.23. The summed E-state index contributed by atoms with van der Waals surface area (Å²) in [4.78, 5) is 26.3. The number of ether oxygens (including phenoxy) is 1. The number of hydrogen-bond acceptors (Lipinski definition) is 4. The van der Waals surface area contributed by atoms with Gasteiger partial charge in [0.25, 0.3) is 5.91 Å². The molecule has 0 aliphatic carbocycles. The van der Waals surface area contributed by atoms with Crippen molar-refractivity contribution in [1.29, 1.82) is 0 Å². The number of nitrogens with zero attached hydrogens (tertiary/aromatic N) is 3. The van der Waals surface area contributed by atoms with Crippen LogP contribution < -0.4 is 10.2 Å². The fourth-order valence-electron chi connectivity index (χ4n) is 3.79. The van der Waals surface area contributed by atoms with Crippen molar-refractivity contribution in [1.82, 2.24) is 9.78 Å². The van der Waals surface area contributed by atoms with Crippen molar-refractivity contribution in [2.24, 2.45) is 0 Å². The van der Waals surface area contributed by atoms with Crippen molar-refractivity contribution in [3.05, 3.63) is 41.7 Å². The van der Waals surface area contributed by atoms with Gasteiger partial charge in [0.05, 0.1) is 17.8 Å². The standard InChI is InChI=1S/C20H24N4O3/c1-14-18(13-21-24(14)17-8-11-27-12-9-17)20(26)22-15-4-6-16(7-5-15)23-10-2-3-19(23)25/h4-7,13,17H,2-3,8-12H2,1H3,(H,22,26). The largest absolute Gasteiger partial charge is 0.381 e. The molecule has 0 atom stereocenters. The van der Waals surface area contributed by atoms with E-state index in [0.29, 0.717) is 17.7 Å². The molecular formula is C20H24N4O3. The van der Waals surface area contributed by atoms with Gasteiger partial charge in [0.1, 0.15) is 0 Å². The van der Waals surface area contributed by atoms with Crippen LogP contribution in [0.4, 0.5) is 11.4 Å². The van der Waals surface area contributed by atoms with Crippen molar-refractivity contribution in [3.8, 4) is 0 Å². The number of carbonyl (C=O) groups is 2. The average molecular weight is 368 g/mol. The highest BCUT2D eigenvalue weighted by atomic mass is 16.5. The third kappa shape index (κ3) is 3.60. The Bertz CT molecular complexity index is 837. The van der Waals surface area contributed by atoms with Crippen molar-refractivity contribution in [2.45, 2.75) is 38.6 Å². The number of nitrogens with one attached hydrogen (secondary N) is 1. The van der Waals surface area contributed by atoms with Gasteiger partial charge in [-0.15, -0.1) is 0 Å². The molecule has 2 aliphatic heterocycles. The molecule has 0 radical (unpaired) electrons. The molecular weight excluding hydrogens is 344 g/mol. The Morgan fingerprint density at radius 2 is 1.96 bits per heavy atom. The Labute approximate surface area is 158 Å². The van der Waals surface area contributed by atoms with Crippen LogP contribution in [-0.4, -0.2) is 41.4 Å². The molecule has 4 rings (SSSR count).